The zero-order valence-corrected chi connectivity index (χ0v) is 9.08. The van der Waals surface area contributed by atoms with E-state index >= 15 is 0 Å². The smallest absolute Gasteiger partial charge is 0.137 e. The molecule has 0 N–H and O–H groups in total. The second kappa shape index (κ2) is 4.07. The molecule has 1 aromatic rings. The maximum atomic E-state index is 5.90. The summed E-state index contributed by atoms with van der Waals surface area (Å²) in [7, 11) is 0. The van der Waals surface area contributed by atoms with Gasteiger partial charge in [0.1, 0.15) is 16.1 Å². The van der Waals surface area contributed by atoms with Gasteiger partial charge in [0.2, 0.25) is 0 Å². The van der Waals surface area contributed by atoms with Gasteiger partial charge < -0.3 is 0 Å². The topological polar surface area (TPSA) is 25.8 Å². The number of hydrogen-bond acceptors (Lipinski definition) is 2. The molecule has 13 heavy (non-hydrogen) atoms. The molecule has 0 atom stereocenters. The van der Waals surface area contributed by atoms with Gasteiger partial charge in [-0.3, -0.25) is 0 Å². The summed E-state index contributed by atoms with van der Waals surface area (Å²) in [5, 5.41) is 0.834. The first-order valence-electron chi connectivity index (χ1n) is 3.83. The van der Waals surface area contributed by atoms with Gasteiger partial charge in [-0.1, -0.05) is 35.4 Å². The predicted octanol–water partition coefficient (Wildman–Crippen LogP) is 3.21. The lowest BCUT2D eigenvalue weighted by Gasteiger charge is -2.05. The van der Waals surface area contributed by atoms with Crippen LogP contribution < -0.4 is 0 Å². The van der Waals surface area contributed by atoms with Crippen LogP contribution in [0.1, 0.15) is 18.3 Å². The molecule has 0 amide bonds. The maximum absolute atomic E-state index is 5.90. The van der Waals surface area contributed by atoms with Crippen LogP contribution in [0.15, 0.2) is 12.2 Å². The van der Waals surface area contributed by atoms with E-state index in [1.54, 1.807) is 6.92 Å². The van der Waals surface area contributed by atoms with Crippen LogP contribution in [0.3, 0.4) is 0 Å². The Bertz CT molecular complexity index is 324. The monoisotopic (exact) mass is 216 g/mol. The summed E-state index contributed by atoms with van der Waals surface area (Å²) in [6.07, 6.45) is 0.623. The zero-order valence-electron chi connectivity index (χ0n) is 7.56. The van der Waals surface area contributed by atoms with E-state index in [0.717, 1.165) is 11.1 Å². The fraction of sp³-hybridized carbons (Fsp3) is 0.333. The SMILES string of the molecule is C=C(C)Cc1c(Cl)nc(C)nc1Cl. The van der Waals surface area contributed by atoms with Gasteiger partial charge in [-0.15, -0.1) is 0 Å². The highest BCUT2D eigenvalue weighted by Crippen LogP contribution is 2.23. The molecule has 0 unspecified atom stereocenters. The fourth-order valence-electron chi connectivity index (χ4n) is 0.977. The summed E-state index contributed by atoms with van der Waals surface area (Å²) >= 11 is 11.8. The molecule has 70 valence electrons. The maximum Gasteiger partial charge on any atom is 0.137 e. The molecule has 0 aliphatic rings. The Labute approximate surface area is 87.6 Å². The third kappa shape index (κ3) is 2.68. The molecule has 4 heteroatoms. The van der Waals surface area contributed by atoms with E-state index in [1.165, 1.54) is 0 Å². The quantitative estimate of drug-likeness (QED) is 0.561. The van der Waals surface area contributed by atoms with Gasteiger partial charge in [-0.25, -0.2) is 9.97 Å². The molecular formula is C9H10Cl2N2. The van der Waals surface area contributed by atoms with Crippen molar-refractivity contribution < 1.29 is 0 Å². The van der Waals surface area contributed by atoms with Crippen LogP contribution in [-0.2, 0) is 6.42 Å². The number of allylic oxidation sites excluding steroid dienone is 1. The third-order valence-corrected chi connectivity index (χ3v) is 2.12. The molecular weight excluding hydrogens is 207 g/mol. The molecule has 0 aromatic carbocycles. The Hall–Kier alpha value is -0.600. The van der Waals surface area contributed by atoms with Crippen molar-refractivity contribution in [1.29, 1.82) is 0 Å². The average Bonchev–Trinajstić information content (AvgIpc) is 1.96. The molecule has 0 bridgehead atoms. The number of halogens is 2. The third-order valence-electron chi connectivity index (χ3n) is 1.50. The van der Waals surface area contributed by atoms with E-state index in [1.807, 2.05) is 6.92 Å². The number of aromatic nitrogens is 2. The Balaban J connectivity index is 3.13. The Kier molecular flexibility index (Phi) is 3.28. The second-order valence-electron chi connectivity index (χ2n) is 2.96. The van der Waals surface area contributed by atoms with Crippen molar-refractivity contribution in [3.8, 4) is 0 Å². The van der Waals surface area contributed by atoms with Gasteiger partial charge in [-0.05, 0) is 20.3 Å². The highest BCUT2D eigenvalue weighted by molar-refractivity contribution is 6.34. The first-order valence-corrected chi connectivity index (χ1v) is 4.59. The largest absolute Gasteiger partial charge is 0.221 e. The molecule has 0 saturated heterocycles. The van der Waals surface area contributed by atoms with E-state index < -0.39 is 0 Å². The molecule has 2 nitrogen and oxygen atoms in total. The van der Waals surface area contributed by atoms with E-state index in [2.05, 4.69) is 16.5 Å². The Morgan fingerprint density at radius 2 is 1.77 bits per heavy atom. The number of aryl methyl sites for hydroxylation is 1. The van der Waals surface area contributed by atoms with Gasteiger partial charge in [0.15, 0.2) is 0 Å². The van der Waals surface area contributed by atoms with E-state index in [4.69, 9.17) is 23.2 Å². The lowest BCUT2D eigenvalue weighted by atomic mass is 10.1. The van der Waals surface area contributed by atoms with Crippen LogP contribution in [0.4, 0.5) is 0 Å². The minimum Gasteiger partial charge on any atom is -0.221 e. The summed E-state index contributed by atoms with van der Waals surface area (Å²) in [5.41, 5.74) is 1.73. The van der Waals surface area contributed by atoms with Crippen LogP contribution >= 0.6 is 23.2 Å². The molecule has 1 heterocycles. The van der Waals surface area contributed by atoms with E-state index in [-0.39, 0.29) is 0 Å². The Morgan fingerprint density at radius 1 is 1.31 bits per heavy atom. The van der Waals surface area contributed by atoms with Crippen molar-refractivity contribution in [2.24, 2.45) is 0 Å². The lowest BCUT2D eigenvalue weighted by molar-refractivity contribution is 0.998. The normalized spacial score (nSPS) is 10.2. The lowest BCUT2D eigenvalue weighted by Crippen LogP contribution is -1.97. The molecule has 0 fully saturated rings. The van der Waals surface area contributed by atoms with E-state index in [0.29, 0.717) is 22.6 Å². The van der Waals surface area contributed by atoms with Gasteiger partial charge in [0, 0.05) is 5.56 Å². The molecule has 0 saturated carbocycles. The van der Waals surface area contributed by atoms with Crippen molar-refractivity contribution in [3.63, 3.8) is 0 Å². The number of nitrogens with zero attached hydrogens (tertiary/aromatic N) is 2. The summed E-state index contributed by atoms with van der Waals surface area (Å²) in [6.45, 7) is 7.44. The zero-order chi connectivity index (χ0) is 10.0. The highest BCUT2D eigenvalue weighted by atomic mass is 35.5. The summed E-state index contributed by atoms with van der Waals surface area (Å²) in [6, 6.07) is 0. The van der Waals surface area contributed by atoms with Crippen molar-refractivity contribution in [2.75, 3.05) is 0 Å². The Morgan fingerprint density at radius 3 is 2.15 bits per heavy atom. The van der Waals surface area contributed by atoms with Gasteiger partial charge in [-0.2, -0.15) is 0 Å². The molecule has 0 radical (unpaired) electrons. The van der Waals surface area contributed by atoms with Crippen LogP contribution in [0.25, 0.3) is 0 Å². The molecule has 1 aromatic heterocycles. The van der Waals surface area contributed by atoms with Gasteiger partial charge in [0.25, 0.3) is 0 Å². The van der Waals surface area contributed by atoms with Crippen LogP contribution in [-0.4, -0.2) is 9.97 Å². The van der Waals surface area contributed by atoms with Crippen molar-refractivity contribution in [3.05, 3.63) is 33.8 Å². The standard InChI is InChI=1S/C9H10Cl2N2/c1-5(2)4-7-8(10)12-6(3)13-9(7)11/h1,4H2,2-3H3. The van der Waals surface area contributed by atoms with Crippen LogP contribution in [0, 0.1) is 6.92 Å². The molecule has 0 spiro atoms. The minimum atomic E-state index is 0.417. The van der Waals surface area contributed by atoms with Crippen molar-refractivity contribution in [1.82, 2.24) is 9.97 Å². The van der Waals surface area contributed by atoms with E-state index in [9.17, 15) is 0 Å². The highest BCUT2D eigenvalue weighted by Gasteiger charge is 2.09. The second-order valence-corrected chi connectivity index (χ2v) is 3.68. The molecule has 1 rings (SSSR count). The molecule has 0 aliphatic carbocycles. The minimum absolute atomic E-state index is 0.417. The van der Waals surface area contributed by atoms with Crippen molar-refractivity contribution >= 4 is 23.2 Å². The first-order chi connectivity index (χ1) is 6.00. The number of hydrogen-bond donors (Lipinski definition) is 0. The average molecular weight is 217 g/mol. The van der Waals surface area contributed by atoms with Crippen LogP contribution in [0.5, 0.6) is 0 Å². The predicted molar refractivity (Wildman–Crippen MR) is 55.3 cm³/mol. The first kappa shape index (κ1) is 10.5. The van der Waals surface area contributed by atoms with Crippen LogP contribution in [0.2, 0.25) is 10.3 Å². The fourth-order valence-corrected chi connectivity index (χ4v) is 1.58. The summed E-state index contributed by atoms with van der Waals surface area (Å²) < 4.78 is 0. The number of rotatable bonds is 2. The molecule has 0 aliphatic heterocycles. The van der Waals surface area contributed by atoms with Crippen molar-refractivity contribution in [2.45, 2.75) is 20.3 Å². The summed E-state index contributed by atoms with van der Waals surface area (Å²) in [4.78, 5) is 8.03. The van der Waals surface area contributed by atoms with Gasteiger partial charge >= 0.3 is 0 Å². The summed E-state index contributed by atoms with van der Waals surface area (Å²) in [5.74, 6) is 0.584. The van der Waals surface area contributed by atoms with Gasteiger partial charge in [0.05, 0.1) is 0 Å².